The number of ketones is 1. The number of cyclic esters (lactones) is 1. The monoisotopic (exact) mass is 292 g/mol. The summed E-state index contributed by atoms with van der Waals surface area (Å²) in [6.45, 7) is 1.73. The number of aromatic hydroxyl groups is 2. The zero-order chi connectivity index (χ0) is 15.4. The first-order chi connectivity index (χ1) is 9.97. The van der Waals surface area contributed by atoms with Crippen LogP contribution >= 0.6 is 0 Å². The van der Waals surface area contributed by atoms with Gasteiger partial charge in [0, 0.05) is 18.9 Å². The van der Waals surface area contributed by atoms with Gasteiger partial charge in [0.25, 0.3) is 0 Å². The maximum atomic E-state index is 12.2. The third-order valence-corrected chi connectivity index (χ3v) is 3.68. The highest BCUT2D eigenvalue weighted by Crippen LogP contribution is 2.30. The molecule has 0 spiro atoms. The van der Waals surface area contributed by atoms with Crippen molar-refractivity contribution >= 4 is 11.8 Å². The van der Waals surface area contributed by atoms with Gasteiger partial charge in [-0.15, -0.1) is 0 Å². The molecule has 2 rings (SSSR count). The Hall–Kier alpha value is -2.04. The van der Waals surface area contributed by atoms with Crippen LogP contribution in [0.4, 0.5) is 0 Å². The number of carbonyl (C=O) groups excluding carboxylic acids is 2. The summed E-state index contributed by atoms with van der Waals surface area (Å²) in [4.78, 5) is 23.9. The number of aryl methyl sites for hydroxylation is 1. The maximum Gasteiger partial charge on any atom is 0.342 e. The van der Waals surface area contributed by atoms with Crippen molar-refractivity contribution in [3.05, 3.63) is 23.3 Å². The number of phenolic OH excluding ortho intramolecular Hbond substituents is 2. The largest absolute Gasteiger partial charge is 0.508 e. The van der Waals surface area contributed by atoms with Crippen LogP contribution in [0.25, 0.3) is 0 Å². The highest BCUT2D eigenvalue weighted by Gasteiger charge is 2.22. The number of rotatable bonds is 0. The van der Waals surface area contributed by atoms with E-state index >= 15 is 0 Å². The average molecular weight is 292 g/mol. The number of benzene rings is 1. The van der Waals surface area contributed by atoms with E-state index in [1.807, 2.05) is 0 Å². The fourth-order valence-corrected chi connectivity index (χ4v) is 2.53. The Kier molecular flexibility index (Phi) is 4.83. The molecule has 0 aliphatic carbocycles. The van der Waals surface area contributed by atoms with E-state index in [1.54, 1.807) is 6.92 Å². The first-order valence-corrected chi connectivity index (χ1v) is 7.25. The molecule has 5 heteroatoms. The fraction of sp³-hybridized carbons (Fsp3) is 0.500. The van der Waals surface area contributed by atoms with Crippen LogP contribution < -0.4 is 0 Å². The molecule has 114 valence electrons. The van der Waals surface area contributed by atoms with Gasteiger partial charge in [-0.25, -0.2) is 4.79 Å². The summed E-state index contributed by atoms with van der Waals surface area (Å²) < 4.78 is 5.29. The summed E-state index contributed by atoms with van der Waals surface area (Å²) in [5.74, 6) is -0.786. The first kappa shape index (κ1) is 15.4. The Labute approximate surface area is 123 Å². The minimum absolute atomic E-state index is 0.0877. The van der Waals surface area contributed by atoms with Gasteiger partial charge in [-0.1, -0.05) is 0 Å². The summed E-state index contributed by atoms with van der Waals surface area (Å²) in [5.41, 5.74) is 0.671. The van der Waals surface area contributed by atoms with Crippen molar-refractivity contribution < 1.29 is 24.5 Å². The SMILES string of the molecule is CC1CCC(=O)CCCCc2cc(O)cc(O)c2C(=O)O1. The van der Waals surface area contributed by atoms with Gasteiger partial charge >= 0.3 is 5.97 Å². The van der Waals surface area contributed by atoms with Gasteiger partial charge in [-0.3, -0.25) is 4.79 Å². The van der Waals surface area contributed by atoms with E-state index in [0.29, 0.717) is 37.7 Å². The molecule has 1 aromatic carbocycles. The number of phenols is 2. The molecule has 0 fully saturated rings. The second kappa shape index (κ2) is 6.61. The molecule has 0 saturated heterocycles. The van der Waals surface area contributed by atoms with Crippen molar-refractivity contribution in [2.75, 3.05) is 0 Å². The summed E-state index contributed by atoms with van der Waals surface area (Å²) in [7, 11) is 0. The maximum absolute atomic E-state index is 12.2. The fourth-order valence-electron chi connectivity index (χ4n) is 2.53. The lowest BCUT2D eigenvalue weighted by Gasteiger charge is -2.17. The number of Topliss-reactive ketones (excluding diaryl/α,β-unsaturated/α-hetero) is 1. The molecule has 21 heavy (non-hydrogen) atoms. The van der Waals surface area contributed by atoms with E-state index in [9.17, 15) is 19.8 Å². The van der Waals surface area contributed by atoms with E-state index in [4.69, 9.17) is 4.74 Å². The smallest absolute Gasteiger partial charge is 0.342 e. The minimum atomic E-state index is -0.608. The zero-order valence-electron chi connectivity index (χ0n) is 12.1. The Bertz CT molecular complexity index is 550. The molecule has 1 aliphatic heterocycles. The number of hydrogen-bond acceptors (Lipinski definition) is 5. The molecule has 1 aromatic rings. The van der Waals surface area contributed by atoms with Gasteiger partial charge in [0.15, 0.2) is 0 Å². The topological polar surface area (TPSA) is 83.8 Å². The standard InChI is InChI=1S/C16H20O5/c1-10-6-7-12(17)5-3-2-4-11-8-13(18)9-14(19)15(11)16(20)21-10/h8-10,18-19H,2-7H2,1H3. The Morgan fingerprint density at radius 1 is 1.10 bits per heavy atom. The van der Waals surface area contributed by atoms with Crippen LogP contribution in [0.5, 0.6) is 11.5 Å². The highest BCUT2D eigenvalue weighted by molar-refractivity contribution is 5.94. The highest BCUT2D eigenvalue weighted by atomic mass is 16.5. The summed E-state index contributed by atoms with van der Waals surface area (Å²) in [6.07, 6.45) is 2.97. The van der Waals surface area contributed by atoms with Crippen LogP contribution in [0.15, 0.2) is 12.1 Å². The molecule has 0 aromatic heterocycles. The third-order valence-electron chi connectivity index (χ3n) is 3.68. The molecule has 2 N–H and O–H groups in total. The van der Waals surface area contributed by atoms with E-state index in [-0.39, 0.29) is 28.9 Å². The van der Waals surface area contributed by atoms with Gasteiger partial charge in [0.2, 0.25) is 0 Å². The Morgan fingerprint density at radius 3 is 2.57 bits per heavy atom. The molecule has 0 radical (unpaired) electrons. The zero-order valence-corrected chi connectivity index (χ0v) is 12.1. The van der Waals surface area contributed by atoms with E-state index < -0.39 is 5.97 Å². The third kappa shape index (κ3) is 3.97. The number of hydrogen-bond donors (Lipinski definition) is 2. The number of esters is 1. The summed E-state index contributed by atoms with van der Waals surface area (Å²) in [6, 6.07) is 2.61. The molecule has 0 amide bonds. The molecule has 1 atom stereocenters. The average Bonchev–Trinajstić information content (AvgIpc) is 2.39. The van der Waals surface area contributed by atoms with Gasteiger partial charge in [0.05, 0.1) is 6.10 Å². The lowest BCUT2D eigenvalue weighted by Crippen LogP contribution is -2.18. The van der Waals surface area contributed by atoms with Crippen LogP contribution in [-0.4, -0.2) is 28.1 Å². The Morgan fingerprint density at radius 2 is 1.81 bits per heavy atom. The second-order valence-electron chi connectivity index (χ2n) is 5.50. The van der Waals surface area contributed by atoms with Crippen molar-refractivity contribution in [1.29, 1.82) is 0 Å². The molecule has 0 bridgehead atoms. The van der Waals surface area contributed by atoms with Crippen LogP contribution in [-0.2, 0) is 16.0 Å². The molecule has 1 heterocycles. The van der Waals surface area contributed by atoms with E-state index in [1.165, 1.54) is 6.07 Å². The molecular formula is C16H20O5. The first-order valence-electron chi connectivity index (χ1n) is 7.25. The van der Waals surface area contributed by atoms with Gasteiger partial charge in [-0.05, 0) is 44.2 Å². The van der Waals surface area contributed by atoms with Gasteiger partial charge < -0.3 is 14.9 Å². The molecular weight excluding hydrogens is 272 g/mol. The molecule has 1 aliphatic rings. The van der Waals surface area contributed by atoms with Crippen LogP contribution in [0, 0.1) is 0 Å². The minimum Gasteiger partial charge on any atom is -0.508 e. The predicted molar refractivity (Wildman–Crippen MR) is 76.4 cm³/mol. The van der Waals surface area contributed by atoms with Crippen molar-refractivity contribution in [3.63, 3.8) is 0 Å². The quantitative estimate of drug-likeness (QED) is 0.718. The number of fused-ring (bicyclic) bond motifs is 1. The van der Waals surface area contributed by atoms with Crippen LogP contribution in [0.1, 0.15) is 54.9 Å². The molecule has 1 unspecified atom stereocenters. The van der Waals surface area contributed by atoms with Crippen LogP contribution in [0.2, 0.25) is 0 Å². The number of carbonyl (C=O) groups is 2. The van der Waals surface area contributed by atoms with Crippen molar-refractivity contribution in [3.8, 4) is 11.5 Å². The molecule has 0 saturated carbocycles. The summed E-state index contributed by atoms with van der Waals surface area (Å²) >= 11 is 0. The van der Waals surface area contributed by atoms with Gasteiger partial charge in [-0.2, -0.15) is 0 Å². The molecule has 5 nitrogen and oxygen atoms in total. The normalized spacial score (nSPS) is 20.9. The summed E-state index contributed by atoms with van der Waals surface area (Å²) in [5, 5.41) is 19.5. The van der Waals surface area contributed by atoms with Gasteiger partial charge in [0.1, 0.15) is 22.8 Å². The van der Waals surface area contributed by atoms with E-state index in [0.717, 1.165) is 12.5 Å². The van der Waals surface area contributed by atoms with Crippen molar-refractivity contribution in [1.82, 2.24) is 0 Å². The second-order valence-corrected chi connectivity index (χ2v) is 5.50. The lowest BCUT2D eigenvalue weighted by atomic mass is 9.98. The predicted octanol–water partition coefficient (Wildman–Crippen LogP) is 2.72. The lowest BCUT2D eigenvalue weighted by molar-refractivity contribution is -0.119. The Balaban J connectivity index is 2.32. The number of ether oxygens (including phenoxy) is 1. The van der Waals surface area contributed by atoms with Crippen molar-refractivity contribution in [2.45, 2.75) is 51.6 Å². The van der Waals surface area contributed by atoms with Crippen LogP contribution in [0.3, 0.4) is 0 Å². The van der Waals surface area contributed by atoms with E-state index in [2.05, 4.69) is 0 Å². The van der Waals surface area contributed by atoms with Crippen molar-refractivity contribution in [2.24, 2.45) is 0 Å².